The average Bonchev–Trinajstić information content (AvgIpc) is 2.66. The van der Waals surface area contributed by atoms with Crippen molar-refractivity contribution in [3.05, 3.63) is 53.6 Å². The van der Waals surface area contributed by atoms with Gasteiger partial charge < -0.3 is 10.2 Å². The molecule has 0 aromatic heterocycles. The molecule has 0 saturated carbocycles. The fourth-order valence-corrected chi connectivity index (χ4v) is 3.78. The summed E-state index contributed by atoms with van der Waals surface area (Å²) in [4.78, 5) is 2.35. The van der Waals surface area contributed by atoms with Crippen LogP contribution in [0.5, 0.6) is 0 Å². The lowest BCUT2D eigenvalue weighted by Crippen LogP contribution is -2.32. The second kappa shape index (κ2) is 7.99. The summed E-state index contributed by atoms with van der Waals surface area (Å²) >= 11 is 0. The van der Waals surface area contributed by atoms with Crippen LogP contribution in [-0.4, -0.2) is 21.5 Å². The van der Waals surface area contributed by atoms with Crippen molar-refractivity contribution in [2.75, 3.05) is 23.3 Å². The molecule has 142 valence electrons. The highest BCUT2D eigenvalue weighted by atomic mass is 32.2. The molecule has 3 N–H and O–H groups in total. The van der Waals surface area contributed by atoms with Crippen LogP contribution in [-0.2, 0) is 16.6 Å². The number of nitrogens with zero attached hydrogens (tertiary/aromatic N) is 2. The van der Waals surface area contributed by atoms with Crippen LogP contribution in [0, 0.1) is 17.2 Å². The maximum absolute atomic E-state index is 11.4. The summed E-state index contributed by atoms with van der Waals surface area (Å²) in [5.74, 6) is 0.805. The molecule has 7 heteroatoms. The van der Waals surface area contributed by atoms with Gasteiger partial charge >= 0.3 is 0 Å². The number of nitrogens with one attached hydrogen (secondary N) is 1. The molecule has 2 aromatic carbocycles. The Morgan fingerprint density at radius 3 is 2.44 bits per heavy atom. The van der Waals surface area contributed by atoms with Crippen molar-refractivity contribution >= 4 is 21.4 Å². The highest BCUT2D eigenvalue weighted by molar-refractivity contribution is 7.89. The molecular weight excluding hydrogens is 360 g/mol. The van der Waals surface area contributed by atoms with Crippen LogP contribution in [0.15, 0.2) is 47.4 Å². The van der Waals surface area contributed by atoms with Crippen molar-refractivity contribution in [1.82, 2.24) is 0 Å². The number of nitriles is 1. The monoisotopic (exact) mass is 384 g/mol. The topological polar surface area (TPSA) is 99.2 Å². The number of rotatable bonds is 5. The van der Waals surface area contributed by atoms with Gasteiger partial charge in [-0.2, -0.15) is 5.26 Å². The van der Waals surface area contributed by atoms with Crippen LogP contribution < -0.4 is 15.4 Å². The van der Waals surface area contributed by atoms with Gasteiger partial charge in [0.05, 0.1) is 16.1 Å². The van der Waals surface area contributed by atoms with Gasteiger partial charge in [0.2, 0.25) is 10.0 Å². The Bertz CT molecular complexity index is 941. The normalized spacial score (nSPS) is 15.4. The van der Waals surface area contributed by atoms with E-state index in [9.17, 15) is 13.7 Å². The molecule has 1 saturated heterocycles. The molecule has 0 aliphatic carbocycles. The molecule has 0 spiro atoms. The third-order valence-corrected chi connectivity index (χ3v) is 5.92. The van der Waals surface area contributed by atoms with Gasteiger partial charge in [0.1, 0.15) is 6.07 Å². The molecule has 0 atom stereocenters. The number of nitrogens with two attached hydrogens (primary N) is 1. The second-order valence-corrected chi connectivity index (χ2v) is 8.62. The Labute approximate surface area is 160 Å². The molecule has 1 fully saturated rings. The fourth-order valence-electron chi connectivity index (χ4n) is 3.24. The zero-order valence-electron chi connectivity index (χ0n) is 15.4. The molecule has 1 aliphatic rings. The Kier molecular flexibility index (Phi) is 5.68. The smallest absolute Gasteiger partial charge is 0.238 e. The van der Waals surface area contributed by atoms with E-state index in [-0.39, 0.29) is 10.5 Å². The lowest BCUT2D eigenvalue weighted by atomic mass is 9.99. The predicted octanol–water partition coefficient (Wildman–Crippen LogP) is 3.05. The van der Waals surface area contributed by atoms with Crippen LogP contribution >= 0.6 is 0 Å². The third-order valence-electron chi connectivity index (χ3n) is 5.01. The fraction of sp³-hybridized carbons (Fsp3) is 0.350. The molecule has 0 unspecified atom stereocenters. The Hall–Kier alpha value is -2.56. The van der Waals surface area contributed by atoms with Gasteiger partial charge in [0, 0.05) is 25.3 Å². The van der Waals surface area contributed by atoms with E-state index in [0.717, 1.165) is 24.6 Å². The van der Waals surface area contributed by atoms with Crippen LogP contribution in [0.1, 0.15) is 30.9 Å². The van der Waals surface area contributed by atoms with E-state index in [1.165, 1.54) is 30.7 Å². The zero-order chi connectivity index (χ0) is 19.4. The van der Waals surface area contributed by atoms with Gasteiger partial charge in [-0.15, -0.1) is 0 Å². The molecule has 3 rings (SSSR count). The number of primary sulfonamides is 1. The van der Waals surface area contributed by atoms with Crippen LogP contribution in [0.4, 0.5) is 11.4 Å². The van der Waals surface area contributed by atoms with Gasteiger partial charge in [-0.05, 0) is 54.7 Å². The van der Waals surface area contributed by atoms with Crippen LogP contribution in [0.3, 0.4) is 0 Å². The number of hydrogen-bond acceptors (Lipinski definition) is 5. The molecule has 0 bridgehead atoms. The van der Waals surface area contributed by atoms with Gasteiger partial charge in [0.25, 0.3) is 0 Å². The van der Waals surface area contributed by atoms with Crippen molar-refractivity contribution in [2.24, 2.45) is 11.1 Å². The first-order chi connectivity index (χ1) is 12.9. The van der Waals surface area contributed by atoms with Crippen molar-refractivity contribution in [2.45, 2.75) is 31.2 Å². The van der Waals surface area contributed by atoms with Crippen molar-refractivity contribution in [3.63, 3.8) is 0 Å². The minimum absolute atomic E-state index is 0.0650. The predicted molar refractivity (Wildman–Crippen MR) is 107 cm³/mol. The summed E-state index contributed by atoms with van der Waals surface area (Å²) in [5, 5.41) is 17.6. The third kappa shape index (κ3) is 4.79. The second-order valence-electron chi connectivity index (χ2n) is 7.05. The Morgan fingerprint density at radius 2 is 1.85 bits per heavy atom. The summed E-state index contributed by atoms with van der Waals surface area (Å²) in [6, 6.07) is 14.7. The van der Waals surface area contributed by atoms with Gasteiger partial charge in [-0.3, -0.25) is 0 Å². The minimum atomic E-state index is -3.82. The van der Waals surface area contributed by atoms with Crippen molar-refractivity contribution < 1.29 is 8.42 Å². The van der Waals surface area contributed by atoms with E-state index < -0.39 is 10.0 Å². The van der Waals surface area contributed by atoms with Crippen LogP contribution in [0.25, 0.3) is 0 Å². The highest BCUT2D eigenvalue weighted by Gasteiger charge is 2.16. The Morgan fingerprint density at radius 1 is 1.19 bits per heavy atom. The van der Waals surface area contributed by atoms with E-state index >= 15 is 0 Å². The average molecular weight is 385 g/mol. The molecule has 27 heavy (non-hydrogen) atoms. The molecule has 1 heterocycles. The van der Waals surface area contributed by atoms with E-state index in [1.807, 2.05) is 6.07 Å². The molecule has 1 aliphatic heterocycles. The first kappa shape index (κ1) is 19.2. The van der Waals surface area contributed by atoms with E-state index in [2.05, 4.69) is 41.4 Å². The molecule has 6 nitrogen and oxygen atoms in total. The maximum Gasteiger partial charge on any atom is 0.238 e. The van der Waals surface area contributed by atoms with E-state index in [0.29, 0.717) is 12.2 Å². The number of hydrogen-bond donors (Lipinski definition) is 2. The summed E-state index contributed by atoms with van der Waals surface area (Å²) in [6.07, 6.45) is 2.46. The quantitative estimate of drug-likeness (QED) is 0.825. The van der Waals surface area contributed by atoms with Gasteiger partial charge in [0.15, 0.2) is 0 Å². The Balaban J connectivity index is 1.66. The number of piperidine rings is 1. The van der Waals surface area contributed by atoms with E-state index in [1.54, 1.807) is 6.07 Å². The SMILES string of the molecule is CC1CCN(c2ccc(CNc3ccc(S(N)(=O)=O)cc3C#N)cc2)CC1. The van der Waals surface area contributed by atoms with E-state index in [4.69, 9.17) is 5.14 Å². The van der Waals surface area contributed by atoms with Gasteiger partial charge in [-0.25, -0.2) is 13.6 Å². The molecule has 0 amide bonds. The zero-order valence-corrected chi connectivity index (χ0v) is 16.2. The van der Waals surface area contributed by atoms with Gasteiger partial charge in [-0.1, -0.05) is 19.1 Å². The van der Waals surface area contributed by atoms with Crippen molar-refractivity contribution in [1.29, 1.82) is 5.26 Å². The summed E-state index contributed by atoms with van der Waals surface area (Å²) in [5.41, 5.74) is 3.16. The van der Waals surface area contributed by atoms with Crippen molar-refractivity contribution in [3.8, 4) is 6.07 Å². The highest BCUT2D eigenvalue weighted by Crippen LogP contribution is 2.24. The first-order valence-corrected chi connectivity index (χ1v) is 10.6. The lowest BCUT2D eigenvalue weighted by Gasteiger charge is -2.32. The van der Waals surface area contributed by atoms with Crippen LogP contribution in [0.2, 0.25) is 0 Å². The summed E-state index contributed by atoms with van der Waals surface area (Å²) in [7, 11) is -3.82. The molecule has 0 radical (unpaired) electrons. The largest absolute Gasteiger partial charge is 0.380 e. The molecule has 2 aromatic rings. The number of benzene rings is 2. The summed E-state index contributed by atoms with van der Waals surface area (Å²) < 4.78 is 22.8. The number of anilines is 2. The molecular formula is C20H24N4O2S. The summed E-state index contributed by atoms with van der Waals surface area (Å²) in [6.45, 7) is 5.04. The maximum atomic E-state index is 11.4. The first-order valence-electron chi connectivity index (χ1n) is 9.01. The standard InChI is InChI=1S/C20H24N4O2S/c1-15-8-10-24(11-9-15)18-4-2-16(3-5-18)14-23-20-7-6-19(27(22,25)26)12-17(20)13-21/h2-7,12,15,23H,8-11,14H2,1H3,(H2,22,25,26). The lowest BCUT2D eigenvalue weighted by molar-refractivity contribution is 0.438. The minimum Gasteiger partial charge on any atom is -0.380 e. The number of sulfonamides is 1.